The summed E-state index contributed by atoms with van der Waals surface area (Å²) in [5.74, 6) is 0. The maximum Gasteiger partial charge on any atom is 0.451 e. The van der Waals surface area contributed by atoms with Gasteiger partial charge in [-0.1, -0.05) is 134 Å². The fourth-order valence-corrected chi connectivity index (χ4v) is 6.18. The van der Waals surface area contributed by atoms with E-state index >= 15 is 0 Å². The second kappa shape index (κ2) is 9.86. The van der Waals surface area contributed by atoms with Crippen molar-refractivity contribution in [2.75, 3.05) is 0 Å². The Morgan fingerprint density at radius 2 is 0.811 bits per heavy atom. The number of fused-ring (bicyclic) bond motifs is 3. The Balaban J connectivity index is 1.79. The molecule has 0 aliphatic rings. The molecule has 0 atom stereocenters. The summed E-state index contributed by atoms with van der Waals surface area (Å²) >= 11 is 0. The zero-order valence-corrected chi connectivity index (χ0v) is 20.7. The molecule has 0 unspecified atom stereocenters. The van der Waals surface area contributed by atoms with Crippen LogP contribution in [0.1, 0.15) is 29.5 Å². The molecule has 180 valence electrons. The van der Waals surface area contributed by atoms with Crippen LogP contribution in [0.2, 0.25) is 6.32 Å². The first-order chi connectivity index (χ1) is 18.2. The van der Waals surface area contributed by atoms with Crippen LogP contribution in [0.4, 0.5) is 0 Å². The van der Waals surface area contributed by atoms with Crippen LogP contribution in [0.25, 0.3) is 32.3 Å². The lowest BCUT2D eigenvalue weighted by Gasteiger charge is -2.39. The Kier molecular flexibility index (Phi) is 6.26. The number of hydrogen-bond acceptors (Lipinski definition) is 2. The third kappa shape index (κ3) is 4.11. The van der Waals surface area contributed by atoms with E-state index in [1.165, 1.54) is 49.0 Å². The van der Waals surface area contributed by atoms with E-state index in [2.05, 4.69) is 127 Å². The molecule has 2 N–H and O–H groups in total. The standard InChI is InChI=1S/C34H29BO2/c36-35(37)24-10-23-34(31-20-7-14-25-11-1-4-17-28(25)31,32-21-8-15-26-12-2-5-18-29(26)32)33-22-9-16-27-13-3-6-19-30(27)33/h1-9,11-22,36-37H,10,23-24H2. The van der Waals surface area contributed by atoms with Crippen LogP contribution < -0.4 is 0 Å². The summed E-state index contributed by atoms with van der Waals surface area (Å²) in [5.41, 5.74) is 3.21. The molecule has 37 heavy (non-hydrogen) atoms. The van der Waals surface area contributed by atoms with E-state index in [1.807, 2.05) is 0 Å². The third-order valence-electron chi connectivity index (χ3n) is 7.76. The Labute approximate surface area is 218 Å². The van der Waals surface area contributed by atoms with Crippen LogP contribution in [-0.4, -0.2) is 17.2 Å². The van der Waals surface area contributed by atoms with Crippen molar-refractivity contribution in [1.82, 2.24) is 0 Å². The quantitative estimate of drug-likeness (QED) is 0.181. The molecule has 0 amide bonds. The highest BCUT2D eigenvalue weighted by Crippen LogP contribution is 2.50. The summed E-state index contributed by atoms with van der Waals surface area (Å²) in [6.07, 6.45) is 1.72. The van der Waals surface area contributed by atoms with Crippen molar-refractivity contribution in [2.45, 2.75) is 24.6 Å². The lowest BCUT2D eigenvalue weighted by Crippen LogP contribution is -2.31. The second-order valence-electron chi connectivity index (χ2n) is 9.86. The highest BCUT2D eigenvalue weighted by Gasteiger charge is 2.39. The highest BCUT2D eigenvalue weighted by molar-refractivity contribution is 6.40. The predicted molar refractivity (Wildman–Crippen MR) is 156 cm³/mol. The van der Waals surface area contributed by atoms with Gasteiger partial charge in [0.05, 0.1) is 0 Å². The van der Waals surface area contributed by atoms with E-state index in [0.717, 1.165) is 6.42 Å². The fraction of sp³-hybridized carbons (Fsp3) is 0.118. The van der Waals surface area contributed by atoms with Gasteiger partial charge in [-0.25, -0.2) is 0 Å². The molecule has 3 heteroatoms. The molecule has 6 aromatic carbocycles. The summed E-state index contributed by atoms with van der Waals surface area (Å²) in [4.78, 5) is 0. The van der Waals surface area contributed by atoms with Crippen molar-refractivity contribution < 1.29 is 10.0 Å². The fourth-order valence-electron chi connectivity index (χ4n) is 6.18. The molecule has 6 rings (SSSR count). The summed E-state index contributed by atoms with van der Waals surface area (Å²) in [7, 11) is -1.33. The van der Waals surface area contributed by atoms with Crippen LogP contribution in [0, 0.1) is 0 Å². The van der Waals surface area contributed by atoms with Gasteiger partial charge in [0.1, 0.15) is 0 Å². The molecule has 0 aliphatic heterocycles. The maximum atomic E-state index is 9.83. The van der Waals surface area contributed by atoms with Crippen molar-refractivity contribution in [3.05, 3.63) is 144 Å². The van der Waals surface area contributed by atoms with E-state index in [-0.39, 0.29) is 0 Å². The van der Waals surface area contributed by atoms with Crippen molar-refractivity contribution in [1.29, 1.82) is 0 Å². The molecule has 0 heterocycles. The van der Waals surface area contributed by atoms with Crippen LogP contribution in [-0.2, 0) is 5.41 Å². The van der Waals surface area contributed by atoms with Gasteiger partial charge < -0.3 is 10.0 Å². The van der Waals surface area contributed by atoms with E-state index in [4.69, 9.17) is 0 Å². The summed E-state index contributed by atoms with van der Waals surface area (Å²) < 4.78 is 0. The molecule has 0 radical (unpaired) electrons. The Morgan fingerprint density at radius 3 is 1.19 bits per heavy atom. The normalized spacial score (nSPS) is 11.8. The molecule has 0 aromatic heterocycles. The summed E-state index contributed by atoms with van der Waals surface area (Å²) in [6.45, 7) is 0. The molecular weight excluding hydrogens is 451 g/mol. The van der Waals surface area contributed by atoms with Gasteiger partial charge >= 0.3 is 7.12 Å². The molecule has 0 fully saturated rings. The first-order valence-electron chi connectivity index (χ1n) is 13.0. The Morgan fingerprint density at radius 1 is 0.459 bits per heavy atom. The van der Waals surface area contributed by atoms with E-state index in [0.29, 0.717) is 12.7 Å². The van der Waals surface area contributed by atoms with Gasteiger partial charge in [-0.05, 0) is 61.7 Å². The molecule has 2 nitrogen and oxygen atoms in total. The minimum atomic E-state index is -1.33. The molecule has 0 spiro atoms. The average molecular weight is 480 g/mol. The van der Waals surface area contributed by atoms with E-state index < -0.39 is 12.5 Å². The molecule has 0 saturated carbocycles. The van der Waals surface area contributed by atoms with Gasteiger partial charge in [-0.2, -0.15) is 0 Å². The van der Waals surface area contributed by atoms with Gasteiger partial charge in [-0.3, -0.25) is 0 Å². The third-order valence-corrected chi connectivity index (χ3v) is 7.76. The average Bonchev–Trinajstić information content (AvgIpc) is 2.95. The lowest BCUT2D eigenvalue weighted by atomic mass is 9.62. The smallest absolute Gasteiger partial charge is 0.427 e. The Bertz CT molecular complexity index is 1500. The second-order valence-corrected chi connectivity index (χ2v) is 9.86. The zero-order valence-electron chi connectivity index (χ0n) is 20.7. The predicted octanol–water partition coefficient (Wildman–Crippen LogP) is 7.73. The van der Waals surface area contributed by atoms with Gasteiger partial charge in [0.15, 0.2) is 0 Å². The van der Waals surface area contributed by atoms with Gasteiger partial charge in [0, 0.05) is 5.41 Å². The summed E-state index contributed by atoms with van der Waals surface area (Å²) in [5, 5.41) is 26.9. The van der Waals surface area contributed by atoms with Crippen molar-refractivity contribution in [3.8, 4) is 0 Å². The molecule has 0 bridgehead atoms. The first-order valence-corrected chi connectivity index (χ1v) is 13.0. The minimum Gasteiger partial charge on any atom is -0.427 e. The lowest BCUT2D eigenvalue weighted by molar-refractivity contribution is 0.398. The number of benzene rings is 6. The van der Waals surface area contributed by atoms with Crippen molar-refractivity contribution in [3.63, 3.8) is 0 Å². The molecular formula is C34H29BO2. The topological polar surface area (TPSA) is 40.5 Å². The number of hydrogen-bond donors (Lipinski definition) is 2. The minimum absolute atomic E-state index is 0.321. The van der Waals surface area contributed by atoms with Crippen molar-refractivity contribution >= 4 is 39.4 Å². The van der Waals surface area contributed by atoms with Crippen LogP contribution >= 0.6 is 0 Å². The molecule has 6 aromatic rings. The summed E-state index contributed by atoms with van der Waals surface area (Å²) in [6, 6.07) is 45.6. The van der Waals surface area contributed by atoms with Crippen molar-refractivity contribution in [2.24, 2.45) is 0 Å². The monoisotopic (exact) mass is 480 g/mol. The zero-order chi connectivity index (χ0) is 25.2. The van der Waals surface area contributed by atoms with Crippen LogP contribution in [0.5, 0.6) is 0 Å². The van der Waals surface area contributed by atoms with Crippen LogP contribution in [0.15, 0.2) is 127 Å². The maximum absolute atomic E-state index is 9.83. The first kappa shape index (κ1) is 23.5. The molecule has 0 aliphatic carbocycles. The highest BCUT2D eigenvalue weighted by atomic mass is 16.4. The number of rotatable bonds is 7. The largest absolute Gasteiger partial charge is 0.451 e. The van der Waals surface area contributed by atoms with E-state index in [1.54, 1.807) is 0 Å². The SMILES string of the molecule is OB(O)CCCC(c1cccc2ccccc12)(c1cccc2ccccc12)c1cccc2ccccc12. The van der Waals surface area contributed by atoms with Gasteiger partial charge in [0.25, 0.3) is 0 Å². The Hall–Kier alpha value is -3.92. The van der Waals surface area contributed by atoms with E-state index in [9.17, 15) is 10.0 Å². The molecule has 0 saturated heterocycles. The van der Waals surface area contributed by atoms with Gasteiger partial charge in [0.2, 0.25) is 0 Å². The van der Waals surface area contributed by atoms with Crippen LogP contribution in [0.3, 0.4) is 0 Å². The van der Waals surface area contributed by atoms with Gasteiger partial charge in [-0.15, -0.1) is 0 Å².